The molecule has 0 aliphatic heterocycles. The first-order valence-corrected chi connectivity index (χ1v) is 10.7. The van der Waals surface area contributed by atoms with E-state index in [1.807, 2.05) is 12.1 Å². The zero-order valence-electron chi connectivity index (χ0n) is 16.5. The predicted molar refractivity (Wildman–Crippen MR) is 107 cm³/mol. The van der Waals surface area contributed by atoms with Gasteiger partial charge in [0.1, 0.15) is 11.5 Å². The molecule has 0 unspecified atom stereocenters. The number of methoxy groups -OCH3 is 2. The summed E-state index contributed by atoms with van der Waals surface area (Å²) in [4.78, 5) is 16.3. The van der Waals surface area contributed by atoms with Crippen LogP contribution in [-0.2, 0) is 22.8 Å². The van der Waals surface area contributed by atoms with Gasteiger partial charge in [0.15, 0.2) is 15.7 Å². The molecule has 10 heteroatoms. The molecule has 3 aromatic rings. The van der Waals surface area contributed by atoms with E-state index in [0.717, 1.165) is 11.3 Å². The second-order valence-electron chi connectivity index (χ2n) is 6.29. The molecule has 2 aromatic carbocycles. The number of amides is 1. The number of hydrogen-bond acceptors (Lipinski definition) is 8. The van der Waals surface area contributed by atoms with Crippen molar-refractivity contribution in [2.75, 3.05) is 20.0 Å². The van der Waals surface area contributed by atoms with Crippen LogP contribution in [0.1, 0.15) is 22.1 Å². The Balaban J connectivity index is 1.55. The van der Waals surface area contributed by atoms with Crippen LogP contribution in [0.4, 0.5) is 0 Å². The zero-order chi connectivity index (χ0) is 21.6. The molecule has 9 nitrogen and oxygen atoms in total. The quantitative estimate of drug-likeness (QED) is 0.546. The molecule has 30 heavy (non-hydrogen) atoms. The van der Waals surface area contributed by atoms with Crippen LogP contribution in [0, 0.1) is 0 Å². The molecular weight excluding hydrogens is 410 g/mol. The number of nitrogens with zero attached hydrogens (tertiary/aromatic N) is 2. The lowest BCUT2D eigenvalue weighted by atomic mass is 10.2. The van der Waals surface area contributed by atoms with Crippen LogP contribution < -0.4 is 14.8 Å². The van der Waals surface area contributed by atoms with Gasteiger partial charge in [0.05, 0.1) is 24.9 Å². The van der Waals surface area contributed by atoms with Crippen molar-refractivity contribution in [2.45, 2.75) is 17.9 Å². The Kier molecular flexibility index (Phi) is 6.68. The zero-order valence-corrected chi connectivity index (χ0v) is 17.3. The van der Waals surface area contributed by atoms with Crippen LogP contribution in [0.25, 0.3) is 0 Å². The van der Waals surface area contributed by atoms with Gasteiger partial charge in [0.2, 0.25) is 0 Å². The molecule has 0 aliphatic rings. The smallest absolute Gasteiger partial charge is 0.315 e. The summed E-state index contributed by atoms with van der Waals surface area (Å²) >= 11 is 0. The van der Waals surface area contributed by atoms with E-state index in [9.17, 15) is 13.2 Å². The SMILES string of the molecule is COc1ccc(CNC(=O)c2nc(CCS(=O)(=O)c3ccc(OC)cc3)no2)cc1. The van der Waals surface area contributed by atoms with E-state index in [-0.39, 0.29) is 35.3 Å². The fourth-order valence-electron chi connectivity index (χ4n) is 2.58. The molecule has 0 atom stereocenters. The third kappa shape index (κ3) is 5.35. The van der Waals surface area contributed by atoms with Crippen LogP contribution >= 0.6 is 0 Å². The fraction of sp³-hybridized carbons (Fsp3) is 0.250. The largest absolute Gasteiger partial charge is 0.497 e. The average molecular weight is 431 g/mol. The Morgan fingerprint density at radius 2 is 1.60 bits per heavy atom. The highest BCUT2D eigenvalue weighted by Crippen LogP contribution is 2.17. The number of aromatic nitrogens is 2. The summed E-state index contributed by atoms with van der Waals surface area (Å²) in [6.45, 7) is 0.270. The highest BCUT2D eigenvalue weighted by molar-refractivity contribution is 7.91. The van der Waals surface area contributed by atoms with Gasteiger partial charge in [0.25, 0.3) is 0 Å². The standard InChI is InChI=1S/C20H21N3O6S/c1-27-15-5-3-14(4-6-15)13-21-19(24)20-22-18(23-29-20)11-12-30(25,26)17-9-7-16(28-2)8-10-17/h3-10H,11-13H2,1-2H3,(H,21,24). The Hall–Kier alpha value is -3.40. The first kappa shape index (κ1) is 21.3. The summed E-state index contributed by atoms with van der Waals surface area (Å²) < 4.78 is 39.9. The van der Waals surface area contributed by atoms with Crippen molar-refractivity contribution in [3.8, 4) is 11.5 Å². The van der Waals surface area contributed by atoms with E-state index >= 15 is 0 Å². The molecule has 1 heterocycles. The Bertz CT molecular complexity index is 1090. The van der Waals surface area contributed by atoms with Crippen molar-refractivity contribution in [1.29, 1.82) is 0 Å². The molecule has 0 bridgehead atoms. The van der Waals surface area contributed by atoms with Gasteiger partial charge in [-0.3, -0.25) is 4.79 Å². The molecule has 0 saturated carbocycles. The normalized spacial score (nSPS) is 11.1. The molecule has 1 aromatic heterocycles. The molecule has 158 valence electrons. The number of carbonyl (C=O) groups is 1. The minimum Gasteiger partial charge on any atom is -0.497 e. The summed E-state index contributed by atoms with van der Waals surface area (Å²) in [6, 6.07) is 13.3. The molecule has 1 N–H and O–H groups in total. The van der Waals surface area contributed by atoms with E-state index in [1.54, 1.807) is 31.4 Å². The number of rotatable bonds is 9. The molecule has 0 spiro atoms. The highest BCUT2D eigenvalue weighted by Gasteiger charge is 2.19. The summed E-state index contributed by atoms with van der Waals surface area (Å²) in [6.07, 6.45) is 0.0175. The van der Waals surface area contributed by atoms with Gasteiger partial charge >= 0.3 is 11.8 Å². The first-order valence-electron chi connectivity index (χ1n) is 9.02. The Labute approximate surface area is 173 Å². The minimum atomic E-state index is -3.53. The van der Waals surface area contributed by atoms with Crippen molar-refractivity contribution in [3.05, 3.63) is 65.8 Å². The van der Waals surface area contributed by atoms with E-state index in [4.69, 9.17) is 14.0 Å². The third-order valence-corrected chi connectivity index (χ3v) is 6.02. The maximum atomic E-state index is 12.4. The van der Waals surface area contributed by atoms with Gasteiger partial charge in [-0.15, -0.1) is 0 Å². The van der Waals surface area contributed by atoms with Crippen LogP contribution in [0.5, 0.6) is 11.5 Å². The van der Waals surface area contributed by atoms with Gasteiger partial charge in [-0.1, -0.05) is 17.3 Å². The topological polar surface area (TPSA) is 121 Å². The Morgan fingerprint density at radius 3 is 2.20 bits per heavy atom. The molecule has 3 rings (SSSR count). The van der Waals surface area contributed by atoms with Crippen molar-refractivity contribution in [2.24, 2.45) is 0 Å². The lowest BCUT2D eigenvalue weighted by Crippen LogP contribution is -2.23. The second kappa shape index (κ2) is 9.40. The maximum absolute atomic E-state index is 12.4. The summed E-state index contributed by atoms with van der Waals surface area (Å²) in [5.41, 5.74) is 0.870. The van der Waals surface area contributed by atoms with E-state index in [2.05, 4.69) is 15.5 Å². The van der Waals surface area contributed by atoms with Gasteiger partial charge < -0.3 is 19.3 Å². The monoisotopic (exact) mass is 431 g/mol. The van der Waals surface area contributed by atoms with Crippen LogP contribution in [0.2, 0.25) is 0 Å². The van der Waals surface area contributed by atoms with E-state index < -0.39 is 15.7 Å². The molecule has 0 radical (unpaired) electrons. The Morgan fingerprint density at radius 1 is 1.00 bits per heavy atom. The number of aryl methyl sites for hydroxylation is 1. The molecule has 0 fully saturated rings. The summed E-state index contributed by atoms with van der Waals surface area (Å²) in [7, 11) is -0.454. The van der Waals surface area contributed by atoms with Gasteiger partial charge in [-0.05, 0) is 42.0 Å². The van der Waals surface area contributed by atoms with Crippen LogP contribution in [0.15, 0.2) is 57.9 Å². The number of ether oxygens (including phenoxy) is 2. The van der Waals surface area contributed by atoms with Crippen LogP contribution in [0.3, 0.4) is 0 Å². The number of sulfone groups is 1. The van der Waals surface area contributed by atoms with Crippen molar-refractivity contribution >= 4 is 15.7 Å². The third-order valence-electron chi connectivity index (χ3n) is 4.29. The molecule has 0 saturated heterocycles. The number of carbonyl (C=O) groups excluding carboxylic acids is 1. The maximum Gasteiger partial charge on any atom is 0.315 e. The van der Waals surface area contributed by atoms with Crippen molar-refractivity contribution in [1.82, 2.24) is 15.5 Å². The fourth-order valence-corrected chi connectivity index (χ4v) is 3.81. The van der Waals surface area contributed by atoms with Crippen molar-refractivity contribution < 1.29 is 27.2 Å². The molecular formula is C20H21N3O6S. The summed E-state index contributed by atoms with van der Waals surface area (Å²) in [5, 5.41) is 6.36. The average Bonchev–Trinajstić information content (AvgIpc) is 3.26. The van der Waals surface area contributed by atoms with E-state index in [1.165, 1.54) is 19.2 Å². The van der Waals surface area contributed by atoms with E-state index in [0.29, 0.717) is 5.75 Å². The first-order chi connectivity index (χ1) is 14.4. The lowest BCUT2D eigenvalue weighted by Gasteiger charge is -2.04. The highest BCUT2D eigenvalue weighted by atomic mass is 32.2. The van der Waals surface area contributed by atoms with Gasteiger partial charge in [0, 0.05) is 13.0 Å². The predicted octanol–water partition coefficient (Wildman–Crippen LogP) is 2.03. The number of hydrogen-bond donors (Lipinski definition) is 1. The molecule has 1 amide bonds. The number of benzene rings is 2. The number of nitrogens with one attached hydrogen (secondary N) is 1. The summed E-state index contributed by atoms with van der Waals surface area (Å²) in [5.74, 6) is 0.449. The van der Waals surface area contributed by atoms with Gasteiger partial charge in [-0.2, -0.15) is 4.98 Å². The van der Waals surface area contributed by atoms with Crippen LogP contribution in [-0.4, -0.2) is 44.4 Å². The lowest BCUT2D eigenvalue weighted by molar-refractivity contribution is 0.0907. The van der Waals surface area contributed by atoms with Gasteiger partial charge in [-0.25, -0.2) is 8.42 Å². The van der Waals surface area contributed by atoms with Crippen molar-refractivity contribution in [3.63, 3.8) is 0 Å². The second-order valence-corrected chi connectivity index (χ2v) is 8.40. The minimum absolute atomic E-state index is 0.0175. The molecule has 0 aliphatic carbocycles.